The molecule has 0 saturated heterocycles. The summed E-state index contributed by atoms with van der Waals surface area (Å²) in [5.41, 5.74) is 6.75. The minimum absolute atomic E-state index is 0.0353. The van der Waals surface area contributed by atoms with Gasteiger partial charge < -0.3 is 21.1 Å². The van der Waals surface area contributed by atoms with Crippen molar-refractivity contribution in [1.29, 1.82) is 0 Å². The summed E-state index contributed by atoms with van der Waals surface area (Å²) >= 11 is 0. The van der Waals surface area contributed by atoms with E-state index in [0.717, 1.165) is 11.3 Å². The van der Waals surface area contributed by atoms with Crippen molar-refractivity contribution in [3.63, 3.8) is 0 Å². The zero-order valence-electron chi connectivity index (χ0n) is 14.1. The summed E-state index contributed by atoms with van der Waals surface area (Å²) in [6.07, 6.45) is 0.668. The molecule has 1 aromatic rings. The van der Waals surface area contributed by atoms with Gasteiger partial charge in [-0.3, -0.25) is 9.59 Å². The van der Waals surface area contributed by atoms with Crippen LogP contribution in [0.15, 0.2) is 24.3 Å². The molecule has 0 bridgehead atoms. The fourth-order valence-corrected chi connectivity index (χ4v) is 1.99. The molecular formula is C17H27N3O3. The second-order valence-electron chi connectivity index (χ2n) is 5.63. The van der Waals surface area contributed by atoms with Crippen LogP contribution in [0.5, 0.6) is 5.75 Å². The topological polar surface area (TPSA) is 93.5 Å². The zero-order valence-corrected chi connectivity index (χ0v) is 14.1. The van der Waals surface area contributed by atoms with E-state index in [2.05, 4.69) is 10.6 Å². The molecule has 0 aliphatic heterocycles. The van der Waals surface area contributed by atoms with E-state index in [1.54, 1.807) is 0 Å². The van der Waals surface area contributed by atoms with E-state index in [4.69, 9.17) is 10.5 Å². The maximum absolute atomic E-state index is 11.7. The third-order valence-electron chi connectivity index (χ3n) is 3.43. The average molecular weight is 321 g/mol. The number of hydrogen-bond acceptors (Lipinski definition) is 4. The summed E-state index contributed by atoms with van der Waals surface area (Å²) in [5.74, 6) is 0.327. The number of benzene rings is 1. The molecule has 2 amide bonds. The quantitative estimate of drug-likeness (QED) is 0.628. The molecule has 0 heterocycles. The molecule has 0 unspecified atom stereocenters. The summed E-state index contributed by atoms with van der Waals surface area (Å²) in [6, 6.07) is 7.14. The smallest absolute Gasteiger partial charge is 0.239 e. The number of nitrogens with one attached hydrogen (secondary N) is 2. The molecule has 1 aromatic carbocycles. The minimum Gasteiger partial charge on any atom is -0.494 e. The Bertz CT molecular complexity index is 518. The summed E-state index contributed by atoms with van der Waals surface area (Å²) in [7, 11) is 0. The fraction of sp³-hybridized carbons (Fsp3) is 0.529. The molecule has 0 aliphatic rings. The second-order valence-corrected chi connectivity index (χ2v) is 5.63. The molecule has 128 valence electrons. The number of amides is 2. The van der Waals surface area contributed by atoms with E-state index in [-0.39, 0.29) is 24.3 Å². The van der Waals surface area contributed by atoms with E-state index >= 15 is 0 Å². The van der Waals surface area contributed by atoms with Gasteiger partial charge in [0.25, 0.3) is 0 Å². The van der Waals surface area contributed by atoms with Gasteiger partial charge in [-0.2, -0.15) is 0 Å². The van der Waals surface area contributed by atoms with Crippen LogP contribution in [0.2, 0.25) is 0 Å². The van der Waals surface area contributed by atoms with Gasteiger partial charge in [0.05, 0.1) is 19.2 Å². The Labute approximate surface area is 137 Å². The largest absolute Gasteiger partial charge is 0.494 e. The van der Waals surface area contributed by atoms with Crippen LogP contribution in [0.3, 0.4) is 0 Å². The first-order chi connectivity index (χ1) is 11.0. The van der Waals surface area contributed by atoms with Gasteiger partial charge in [0.1, 0.15) is 5.75 Å². The van der Waals surface area contributed by atoms with Crippen molar-refractivity contribution in [2.45, 2.75) is 33.2 Å². The van der Waals surface area contributed by atoms with Gasteiger partial charge >= 0.3 is 0 Å². The van der Waals surface area contributed by atoms with Gasteiger partial charge in [-0.05, 0) is 30.9 Å². The highest BCUT2D eigenvalue weighted by molar-refractivity contribution is 5.87. The van der Waals surface area contributed by atoms with Crippen LogP contribution in [-0.4, -0.2) is 37.6 Å². The molecule has 0 saturated carbocycles. The lowest BCUT2D eigenvalue weighted by Crippen LogP contribution is -2.47. The van der Waals surface area contributed by atoms with Crippen molar-refractivity contribution in [1.82, 2.24) is 10.6 Å². The molecule has 1 rings (SSSR count). The number of rotatable bonds is 9. The van der Waals surface area contributed by atoms with Crippen molar-refractivity contribution >= 4 is 11.8 Å². The predicted molar refractivity (Wildman–Crippen MR) is 90.1 cm³/mol. The van der Waals surface area contributed by atoms with Crippen LogP contribution in [-0.2, 0) is 16.0 Å². The lowest BCUT2D eigenvalue weighted by molar-refractivity contribution is -0.127. The van der Waals surface area contributed by atoms with Gasteiger partial charge in [0, 0.05) is 6.54 Å². The number of carbonyl (C=O) groups is 2. The molecule has 0 fully saturated rings. The van der Waals surface area contributed by atoms with Crippen molar-refractivity contribution in [2.24, 2.45) is 11.7 Å². The maximum Gasteiger partial charge on any atom is 0.239 e. The number of ether oxygens (including phenoxy) is 1. The fourth-order valence-electron chi connectivity index (χ4n) is 1.99. The van der Waals surface area contributed by atoms with E-state index in [1.165, 1.54) is 0 Å². The molecular weight excluding hydrogens is 294 g/mol. The highest BCUT2D eigenvalue weighted by Crippen LogP contribution is 2.17. The maximum atomic E-state index is 11.7. The first kappa shape index (κ1) is 19.0. The molecule has 0 radical (unpaired) electrons. The van der Waals surface area contributed by atoms with Gasteiger partial charge in [-0.1, -0.05) is 32.0 Å². The number of nitrogens with two attached hydrogens (primary N) is 1. The Morgan fingerprint density at radius 1 is 1.22 bits per heavy atom. The first-order valence-corrected chi connectivity index (χ1v) is 7.96. The van der Waals surface area contributed by atoms with E-state index < -0.39 is 6.04 Å². The van der Waals surface area contributed by atoms with Crippen LogP contribution >= 0.6 is 0 Å². The third-order valence-corrected chi connectivity index (χ3v) is 3.43. The number of hydrogen-bond donors (Lipinski definition) is 3. The van der Waals surface area contributed by atoms with Crippen LogP contribution in [0.4, 0.5) is 0 Å². The Balaban J connectivity index is 2.33. The highest BCUT2D eigenvalue weighted by Gasteiger charge is 2.17. The van der Waals surface area contributed by atoms with E-state index in [9.17, 15) is 9.59 Å². The third kappa shape index (κ3) is 6.69. The Hall–Kier alpha value is -2.08. The molecule has 6 heteroatoms. The summed E-state index contributed by atoms with van der Waals surface area (Å²) < 4.78 is 5.54. The first-order valence-electron chi connectivity index (χ1n) is 7.96. The van der Waals surface area contributed by atoms with Crippen LogP contribution in [0, 0.1) is 5.92 Å². The molecule has 0 spiro atoms. The Morgan fingerprint density at radius 3 is 2.57 bits per heavy atom. The predicted octanol–water partition coefficient (Wildman–Crippen LogP) is 0.844. The highest BCUT2D eigenvalue weighted by atomic mass is 16.5. The molecule has 0 aromatic heterocycles. The van der Waals surface area contributed by atoms with Crippen LogP contribution < -0.4 is 21.1 Å². The van der Waals surface area contributed by atoms with Crippen LogP contribution in [0.1, 0.15) is 26.3 Å². The zero-order chi connectivity index (χ0) is 17.2. The Kier molecular flexibility index (Phi) is 8.11. The summed E-state index contributed by atoms with van der Waals surface area (Å²) in [4.78, 5) is 23.4. The lowest BCUT2D eigenvalue weighted by atomic mass is 10.1. The van der Waals surface area contributed by atoms with Crippen molar-refractivity contribution < 1.29 is 14.3 Å². The monoisotopic (exact) mass is 321 g/mol. The standard InChI is InChI=1S/C17H27N3O3/c1-4-23-14-8-6-5-7-13(14)9-10-19-15(21)11-20-17(22)16(18)12(2)3/h5-8,12,16H,4,9-11,18H2,1-3H3,(H,19,21)(H,20,22)/t16-/m0/s1. The minimum atomic E-state index is -0.596. The number of para-hydroxylation sites is 1. The van der Waals surface area contributed by atoms with Gasteiger partial charge in [0.15, 0.2) is 0 Å². The molecule has 4 N–H and O–H groups in total. The van der Waals surface area contributed by atoms with Gasteiger partial charge in [-0.15, -0.1) is 0 Å². The summed E-state index contributed by atoms with van der Waals surface area (Å²) in [6.45, 7) is 6.68. The van der Waals surface area contributed by atoms with Gasteiger partial charge in [0.2, 0.25) is 11.8 Å². The van der Waals surface area contributed by atoms with E-state index in [1.807, 2.05) is 45.0 Å². The molecule has 6 nitrogen and oxygen atoms in total. The van der Waals surface area contributed by atoms with Crippen molar-refractivity contribution in [2.75, 3.05) is 19.7 Å². The van der Waals surface area contributed by atoms with Gasteiger partial charge in [-0.25, -0.2) is 0 Å². The average Bonchev–Trinajstić information content (AvgIpc) is 2.53. The molecule has 23 heavy (non-hydrogen) atoms. The Morgan fingerprint density at radius 2 is 1.91 bits per heavy atom. The SMILES string of the molecule is CCOc1ccccc1CCNC(=O)CNC(=O)[C@@H](N)C(C)C. The molecule has 0 aliphatic carbocycles. The summed E-state index contributed by atoms with van der Waals surface area (Å²) in [5, 5.41) is 5.32. The molecule has 1 atom stereocenters. The van der Waals surface area contributed by atoms with Crippen molar-refractivity contribution in [3.05, 3.63) is 29.8 Å². The lowest BCUT2D eigenvalue weighted by Gasteiger charge is -2.15. The van der Waals surface area contributed by atoms with E-state index in [0.29, 0.717) is 19.6 Å². The number of carbonyl (C=O) groups excluding carboxylic acids is 2. The van der Waals surface area contributed by atoms with Crippen LogP contribution in [0.25, 0.3) is 0 Å². The normalized spacial score (nSPS) is 11.9. The van der Waals surface area contributed by atoms with Crippen molar-refractivity contribution in [3.8, 4) is 5.75 Å². The second kappa shape index (κ2) is 9.84.